The SMILES string of the molecule is CCOc1ccc(/C=C/C(=O)NC(=S)NNC(=O)c2ccccc2OC)cc1. The van der Waals surface area contributed by atoms with Crippen LogP contribution in [-0.4, -0.2) is 30.6 Å². The zero-order valence-electron chi connectivity index (χ0n) is 15.5. The van der Waals surface area contributed by atoms with Crippen molar-refractivity contribution in [3.63, 3.8) is 0 Å². The maximum absolute atomic E-state index is 12.1. The van der Waals surface area contributed by atoms with E-state index in [9.17, 15) is 9.59 Å². The number of thiocarbonyl (C=S) groups is 1. The van der Waals surface area contributed by atoms with E-state index in [2.05, 4.69) is 16.2 Å². The zero-order valence-corrected chi connectivity index (χ0v) is 16.3. The van der Waals surface area contributed by atoms with Gasteiger partial charge in [0.25, 0.3) is 5.91 Å². The van der Waals surface area contributed by atoms with Crippen molar-refractivity contribution in [2.24, 2.45) is 0 Å². The van der Waals surface area contributed by atoms with Gasteiger partial charge in [-0.1, -0.05) is 24.3 Å². The van der Waals surface area contributed by atoms with E-state index in [1.165, 1.54) is 13.2 Å². The van der Waals surface area contributed by atoms with Gasteiger partial charge in [0.1, 0.15) is 11.5 Å². The average Bonchev–Trinajstić information content (AvgIpc) is 2.71. The summed E-state index contributed by atoms with van der Waals surface area (Å²) in [7, 11) is 1.47. The Hall–Kier alpha value is -3.39. The summed E-state index contributed by atoms with van der Waals surface area (Å²) in [5.41, 5.74) is 6.06. The molecule has 0 bridgehead atoms. The van der Waals surface area contributed by atoms with Crippen molar-refractivity contribution >= 4 is 35.2 Å². The monoisotopic (exact) mass is 399 g/mol. The van der Waals surface area contributed by atoms with Crippen LogP contribution in [0.5, 0.6) is 11.5 Å². The number of carbonyl (C=O) groups is 2. The van der Waals surface area contributed by atoms with E-state index in [0.717, 1.165) is 11.3 Å². The highest BCUT2D eigenvalue weighted by Gasteiger charge is 2.11. The summed E-state index contributed by atoms with van der Waals surface area (Å²) in [4.78, 5) is 24.1. The third kappa shape index (κ3) is 6.40. The van der Waals surface area contributed by atoms with Crippen LogP contribution in [0.25, 0.3) is 6.08 Å². The van der Waals surface area contributed by atoms with E-state index in [4.69, 9.17) is 21.7 Å². The van der Waals surface area contributed by atoms with Gasteiger partial charge in [0.05, 0.1) is 19.3 Å². The summed E-state index contributed by atoms with van der Waals surface area (Å²) >= 11 is 5.00. The van der Waals surface area contributed by atoms with Gasteiger partial charge in [-0.05, 0) is 55.0 Å². The molecule has 0 spiro atoms. The number of benzene rings is 2. The predicted molar refractivity (Wildman–Crippen MR) is 111 cm³/mol. The van der Waals surface area contributed by atoms with Crippen molar-refractivity contribution in [1.82, 2.24) is 16.2 Å². The Labute approximate surface area is 168 Å². The van der Waals surface area contributed by atoms with Crippen molar-refractivity contribution in [2.75, 3.05) is 13.7 Å². The lowest BCUT2D eigenvalue weighted by atomic mass is 10.2. The summed E-state index contributed by atoms with van der Waals surface area (Å²) in [6.07, 6.45) is 2.98. The molecule has 146 valence electrons. The number of para-hydroxylation sites is 1. The summed E-state index contributed by atoms with van der Waals surface area (Å²) < 4.78 is 10.5. The molecule has 2 aromatic rings. The second-order valence-corrected chi connectivity index (χ2v) is 5.84. The fraction of sp³-hybridized carbons (Fsp3) is 0.150. The highest BCUT2D eigenvalue weighted by atomic mass is 32.1. The number of amides is 2. The molecule has 0 aromatic heterocycles. The van der Waals surface area contributed by atoms with E-state index in [1.807, 2.05) is 31.2 Å². The fourth-order valence-electron chi connectivity index (χ4n) is 2.21. The van der Waals surface area contributed by atoms with Gasteiger partial charge < -0.3 is 9.47 Å². The smallest absolute Gasteiger partial charge is 0.273 e. The molecule has 0 atom stereocenters. The minimum atomic E-state index is -0.445. The van der Waals surface area contributed by atoms with Crippen molar-refractivity contribution in [2.45, 2.75) is 6.92 Å². The summed E-state index contributed by atoms with van der Waals surface area (Å²) in [5.74, 6) is 0.312. The van der Waals surface area contributed by atoms with Gasteiger partial charge in [-0.2, -0.15) is 0 Å². The minimum Gasteiger partial charge on any atom is -0.496 e. The second-order valence-electron chi connectivity index (χ2n) is 5.43. The number of ether oxygens (including phenoxy) is 2. The number of methoxy groups -OCH3 is 1. The molecule has 0 aliphatic heterocycles. The van der Waals surface area contributed by atoms with Crippen LogP contribution in [0.4, 0.5) is 0 Å². The van der Waals surface area contributed by atoms with Gasteiger partial charge in [-0.3, -0.25) is 25.8 Å². The van der Waals surface area contributed by atoms with Gasteiger partial charge in [0.2, 0.25) is 5.91 Å². The average molecular weight is 399 g/mol. The van der Waals surface area contributed by atoms with Crippen LogP contribution in [0, 0.1) is 0 Å². The van der Waals surface area contributed by atoms with Gasteiger partial charge in [0, 0.05) is 6.08 Å². The molecule has 0 aliphatic carbocycles. The van der Waals surface area contributed by atoms with Gasteiger partial charge >= 0.3 is 0 Å². The molecule has 28 heavy (non-hydrogen) atoms. The quantitative estimate of drug-likeness (QED) is 0.393. The summed E-state index contributed by atoms with van der Waals surface area (Å²) in [6.45, 7) is 2.50. The Morgan fingerprint density at radius 2 is 1.79 bits per heavy atom. The molecule has 2 aromatic carbocycles. The van der Waals surface area contributed by atoms with Crippen LogP contribution in [0.3, 0.4) is 0 Å². The number of nitrogens with one attached hydrogen (secondary N) is 3. The van der Waals surface area contributed by atoms with Crippen LogP contribution in [0.2, 0.25) is 0 Å². The first-order valence-corrected chi connectivity index (χ1v) is 8.89. The lowest BCUT2D eigenvalue weighted by Gasteiger charge is -2.11. The van der Waals surface area contributed by atoms with E-state index < -0.39 is 11.8 Å². The summed E-state index contributed by atoms with van der Waals surface area (Å²) in [5, 5.41) is 2.40. The van der Waals surface area contributed by atoms with Crippen LogP contribution in [0.1, 0.15) is 22.8 Å². The van der Waals surface area contributed by atoms with E-state index in [1.54, 1.807) is 30.3 Å². The first-order valence-electron chi connectivity index (χ1n) is 8.48. The molecule has 0 aliphatic rings. The lowest BCUT2D eigenvalue weighted by molar-refractivity contribution is -0.115. The molecule has 0 unspecified atom stereocenters. The maximum atomic E-state index is 12.1. The number of hydrazine groups is 1. The van der Waals surface area contributed by atoms with Crippen molar-refractivity contribution in [3.05, 3.63) is 65.7 Å². The second kappa shape index (κ2) is 10.7. The number of hydrogen-bond donors (Lipinski definition) is 3. The molecule has 0 fully saturated rings. The largest absolute Gasteiger partial charge is 0.496 e. The molecular weight excluding hydrogens is 378 g/mol. The van der Waals surface area contributed by atoms with Crippen molar-refractivity contribution < 1.29 is 19.1 Å². The molecule has 0 heterocycles. The molecule has 2 amide bonds. The standard InChI is InChI=1S/C20H21N3O4S/c1-3-27-15-11-8-14(9-12-15)10-13-18(24)21-20(28)23-22-19(25)16-6-4-5-7-17(16)26-2/h4-13H,3H2,1-2H3,(H,22,25)(H2,21,23,24,28)/b13-10+. The molecular formula is C20H21N3O4S. The maximum Gasteiger partial charge on any atom is 0.273 e. The van der Waals surface area contributed by atoms with Gasteiger partial charge in [0.15, 0.2) is 5.11 Å². The molecule has 0 radical (unpaired) electrons. The van der Waals surface area contributed by atoms with Crippen molar-refractivity contribution in [3.8, 4) is 11.5 Å². The highest BCUT2D eigenvalue weighted by Crippen LogP contribution is 2.16. The Balaban J connectivity index is 1.82. The Morgan fingerprint density at radius 3 is 2.46 bits per heavy atom. The van der Waals surface area contributed by atoms with Crippen LogP contribution in [-0.2, 0) is 4.79 Å². The van der Waals surface area contributed by atoms with E-state index >= 15 is 0 Å². The third-order valence-corrected chi connectivity index (χ3v) is 3.70. The zero-order chi connectivity index (χ0) is 20.4. The number of carbonyl (C=O) groups excluding carboxylic acids is 2. The molecule has 0 saturated heterocycles. The Kier molecular flexibility index (Phi) is 7.98. The Bertz CT molecular complexity index is 866. The molecule has 3 N–H and O–H groups in total. The summed E-state index contributed by atoms with van der Waals surface area (Å²) in [6, 6.07) is 14.0. The predicted octanol–water partition coefficient (Wildman–Crippen LogP) is 2.44. The number of rotatable bonds is 6. The molecule has 7 nitrogen and oxygen atoms in total. The van der Waals surface area contributed by atoms with E-state index in [0.29, 0.717) is 17.9 Å². The first kappa shape index (κ1) is 20.9. The highest BCUT2D eigenvalue weighted by molar-refractivity contribution is 7.80. The molecule has 0 saturated carbocycles. The van der Waals surface area contributed by atoms with Crippen molar-refractivity contribution in [1.29, 1.82) is 0 Å². The van der Waals surface area contributed by atoms with Gasteiger partial charge in [-0.25, -0.2) is 0 Å². The minimum absolute atomic E-state index is 0.0374. The van der Waals surface area contributed by atoms with Gasteiger partial charge in [-0.15, -0.1) is 0 Å². The third-order valence-electron chi connectivity index (χ3n) is 3.50. The van der Waals surface area contributed by atoms with Crippen LogP contribution in [0.15, 0.2) is 54.6 Å². The Morgan fingerprint density at radius 1 is 1.07 bits per heavy atom. The topological polar surface area (TPSA) is 88.7 Å². The fourth-order valence-corrected chi connectivity index (χ4v) is 2.36. The first-order chi connectivity index (χ1) is 13.5. The van der Waals surface area contributed by atoms with Crippen LogP contribution >= 0.6 is 12.2 Å². The number of hydrogen-bond acceptors (Lipinski definition) is 5. The molecule has 2 rings (SSSR count). The normalized spacial score (nSPS) is 10.2. The molecule has 8 heteroatoms. The van der Waals surface area contributed by atoms with E-state index in [-0.39, 0.29) is 5.11 Å². The van der Waals surface area contributed by atoms with Crippen LogP contribution < -0.4 is 25.6 Å². The lowest BCUT2D eigenvalue weighted by Crippen LogP contribution is -2.48.